The van der Waals surface area contributed by atoms with E-state index in [1.807, 2.05) is 42.6 Å². The average Bonchev–Trinajstić information content (AvgIpc) is 3.32. The van der Waals surface area contributed by atoms with Crippen molar-refractivity contribution in [3.05, 3.63) is 35.6 Å². The van der Waals surface area contributed by atoms with Crippen molar-refractivity contribution < 1.29 is 9.59 Å². The van der Waals surface area contributed by atoms with E-state index in [1.165, 1.54) is 11.3 Å². The molecular weight excluding hydrogens is 364 g/mol. The summed E-state index contributed by atoms with van der Waals surface area (Å²) in [5.74, 6) is 0.263. The van der Waals surface area contributed by atoms with Gasteiger partial charge in [0.1, 0.15) is 5.82 Å². The highest BCUT2D eigenvalue weighted by atomic mass is 32.1. The standard InChI is InChI=1S/C18H20N6O2S/c1-23(2)10-15-21-13-4-3-12(8-14(13)22-15)20-17(26)11-7-16(25)24(9-11)18-19-5-6-27-18/h3-6,8,11H,7,9-10H2,1-2H3,(H,20,26)(H,21,22). The smallest absolute Gasteiger partial charge is 0.229 e. The second kappa shape index (κ2) is 7.09. The maximum Gasteiger partial charge on any atom is 0.229 e. The average molecular weight is 384 g/mol. The van der Waals surface area contributed by atoms with E-state index in [0.717, 1.165) is 16.9 Å². The zero-order valence-corrected chi connectivity index (χ0v) is 15.9. The number of nitrogens with one attached hydrogen (secondary N) is 2. The molecule has 1 atom stereocenters. The highest BCUT2D eigenvalue weighted by molar-refractivity contribution is 7.13. The normalized spacial score (nSPS) is 17.2. The Morgan fingerprint density at radius 3 is 3.04 bits per heavy atom. The fourth-order valence-electron chi connectivity index (χ4n) is 3.18. The van der Waals surface area contributed by atoms with Crippen LogP contribution < -0.4 is 10.2 Å². The number of amides is 2. The molecule has 27 heavy (non-hydrogen) atoms. The van der Waals surface area contributed by atoms with Gasteiger partial charge in [-0.1, -0.05) is 0 Å². The molecule has 0 saturated carbocycles. The monoisotopic (exact) mass is 384 g/mol. The van der Waals surface area contributed by atoms with Gasteiger partial charge in [0.2, 0.25) is 11.8 Å². The summed E-state index contributed by atoms with van der Waals surface area (Å²) in [5.41, 5.74) is 2.42. The first-order chi connectivity index (χ1) is 13.0. The Morgan fingerprint density at radius 2 is 2.30 bits per heavy atom. The van der Waals surface area contributed by atoms with Crippen molar-refractivity contribution in [1.82, 2.24) is 19.9 Å². The van der Waals surface area contributed by atoms with Gasteiger partial charge in [0.05, 0.1) is 23.5 Å². The third kappa shape index (κ3) is 3.69. The van der Waals surface area contributed by atoms with E-state index in [9.17, 15) is 9.59 Å². The van der Waals surface area contributed by atoms with Gasteiger partial charge in [-0.05, 0) is 32.3 Å². The predicted octanol–water partition coefficient (Wildman–Crippen LogP) is 2.07. The lowest BCUT2D eigenvalue weighted by molar-refractivity contribution is -0.122. The molecule has 3 aromatic rings. The summed E-state index contributed by atoms with van der Waals surface area (Å²) in [6.45, 7) is 1.07. The van der Waals surface area contributed by atoms with Crippen LogP contribution in [-0.2, 0) is 16.1 Å². The van der Waals surface area contributed by atoms with Crippen LogP contribution in [0, 0.1) is 5.92 Å². The summed E-state index contributed by atoms with van der Waals surface area (Å²) in [4.78, 5) is 40.4. The number of nitrogens with zero attached hydrogens (tertiary/aromatic N) is 4. The van der Waals surface area contributed by atoms with Crippen molar-refractivity contribution in [2.75, 3.05) is 30.9 Å². The molecule has 1 unspecified atom stereocenters. The molecule has 1 aliphatic heterocycles. The minimum absolute atomic E-state index is 0.0672. The molecule has 1 aromatic carbocycles. The molecule has 4 rings (SSSR count). The number of thiazole rings is 1. The van der Waals surface area contributed by atoms with Crippen LogP contribution in [0.3, 0.4) is 0 Å². The Kier molecular flexibility index (Phi) is 4.63. The van der Waals surface area contributed by atoms with Gasteiger partial charge in [-0.25, -0.2) is 9.97 Å². The van der Waals surface area contributed by atoms with Crippen LogP contribution in [0.4, 0.5) is 10.8 Å². The first-order valence-electron chi connectivity index (χ1n) is 8.63. The molecule has 2 N–H and O–H groups in total. The lowest BCUT2D eigenvalue weighted by Gasteiger charge is -2.13. The highest BCUT2D eigenvalue weighted by Crippen LogP contribution is 2.27. The molecule has 0 radical (unpaired) electrons. The quantitative estimate of drug-likeness (QED) is 0.702. The Morgan fingerprint density at radius 1 is 1.44 bits per heavy atom. The lowest BCUT2D eigenvalue weighted by atomic mass is 10.1. The SMILES string of the molecule is CN(C)Cc1nc2ccc(NC(=O)C3CC(=O)N(c4nccs4)C3)cc2[nH]1. The van der Waals surface area contributed by atoms with Crippen LogP contribution in [0.25, 0.3) is 11.0 Å². The van der Waals surface area contributed by atoms with Crippen molar-refractivity contribution in [2.45, 2.75) is 13.0 Å². The maximum absolute atomic E-state index is 12.6. The van der Waals surface area contributed by atoms with Crippen molar-refractivity contribution in [3.63, 3.8) is 0 Å². The number of aromatic amines is 1. The molecule has 1 saturated heterocycles. The molecule has 2 aromatic heterocycles. The Labute approximate surface area is 160 Å². The predicted molar refractivity (Wildman–Crippen MR) is 105 cm³/mol. The first-order valence-corrected chi connectivity index (χ1v) is 9.51. The Hall–Kier alpha value is -2.78. The largest absolute Gasteiger partial charge is 0.341 e. The zero-order chi connectivity index (χ0) is 19.0. The number of anilines is 2. The van der Waals surface area contributed by atoms with Crippen LogP contribution in [-0.4, -0.2) is 52.3 Å². The number of H-pyrrole nitrogens is 1. The fraction of sp³-hybridized carbons (Fsp3) is 0.333. The Bertz CT molecular complexity index is 981. The number of rotatable bonds is 5. The van der Waals surface area contributed by atoms with E-state index in [1.54, 1.807) is 11.1 Å². The minimum Gasteiger partial charge on any atom is -0.341 e. The number of hydrogen-bond acceptors (Lipinski definition) is 6. The number of fused-ring (bicyclic) bond motifs is 1. The van der Waals surface area contributed by atoms with Gasteiger partial charge in [-0.3, -0.25) is 14.5 Å². The number of benzene rings is 1. The Balaban J connectivity index is 1.45. The molecule has 1 aliphatic rings. The van der Waals surface area contributed by atoms with Crippen LogP contribution in [0.1, 0.15) is 12.2 Å². The van der Waals surface area contributed by atoms with Crippen molar-refractivity contribution in [1.29, 1.82) is 0 Å². The number of hydrogen-bond donors (Lipinski definition) is 2. The summed E-state index contributed by atoms with van der Waals surface area (Å²) < 4.78 is 0. The molecule has 3 heterocycles. The van der Waals surface area contributed by atoms with Crippen LogP contribution in [0.15, 0.2) is 29.8 Å². The summed E-state index contributed by atoms with van der Waals surface area (Å²) in [6.07, 6.45) is 1.86. The number of carbonyl (C=O) groups excluding carboxylic acids is 2. The number of carbonyl (C=O) groups is 2. The summed E-state index contributed by atoms with van der Waals surface area (Å²) in [7, 11) is 3.97. The molecule has 2 amide bonds. The van der Waals surface area contributed by atoms with Crippen LogP contribution in [0.5, 0.6) is 0 Å². The minimum atomic E-state index is -0.386. The van der Waals surface area contributed by atoms with E-state index in [4.69, 9.17) is 0 Å². The summed E-state index contributed by atoms with van der Waals surface area (Å²) in [6, 6.07) is 5.58. The first kappa shape index (κ1) is 17.6. The summed E-state index contributed by atoms with van der Waals surface area (Å²) >= 11 is 1.40. The molecule has 140 valence electrons. The molecule has 0 aliphatic carbocycles. The van der Waals surface area contributed by atoms with Crippen molar-refractivity contribution in [2.24, 2.45) is 5.92 Å². The fourth-order valence-corrected chi connectivity index (χ4v) is 3.85. The van der Waals surface area contributed by atoms with Gasteiger partial charge in [-0.2, -0.15) is 0 Å². The van der Waals surface area contributed by atoms with E-state index in [2.05, 4.69) is 20.3 Å². The van der Waals surface area contributed by atoms with E-state index < -0.39 is 0 Å². The number of aromatic nitrogens is 3. The molecule has 9 heteroatoms. The maximum atomic E-state index is 12.6. The van der Waals surface area contributed by atoms with E-state index >= 15 is 0 Å². The van der Waals surface area contributed by atoms with Gasteiger partial charge in [0.15, 0.2) is 5.13 Å². The lowest BCUT2D eigenvalue weighted by Crippen LogP contribution is -2.28. The zero-order valence-electron chi connectivity index (χ0n) is 15.1. The third-order valence-electron chi connectivity index (χ3n) is 4.41. The van der Waals surface area contributed by atoms with E-state index in [-0.39, 0.29) is 24.2 Å². The summed E-state index contributed by atoms with van der Waals surface area (Å²) in [5, 5.41) is 5.38. The van der Waals surface area contributed by atoms with Gasteiger partial charge in [-0.15, -0.1) is 11.3 Å². The van der Waals surface area contributed by atoms with Gasteiger partial charge < -0.3 is 15.2 Å². The second-order valence-corrected chi connectivity index (χ2v) is 7.74. The van der Waals surface area contributed by atoms with Crippen molar-refractivity contribution >= 4 is 45.0 Å². The van der Waals surface area contributed by atoms with Crippen molar-refractivity contribution in [3.8, 4) is 0 Å². The molecule has 0 bridgehead atoms. The molecule has 0 spiro atoms. The van der Waals surface area contributed by atoms with Gasteiger partial charge in [0, 0.05) is 30.2 Å². The second-order valence-electron chi connectivity index (χ2n) is 6.86. The van der Waals surface area contributed by atoms with Crippen LogP contribution in [0.2, 0.25) is 0 Å². The molecule has 1 fully saturated rings. The number of imidazole rings is 1. The van der Waals surface area contributed by atoms with E-state index in [0.29, 0.717) is 23.9 Å². The van der Waals surface area contributed by atoms with Gasteiger partial charge in [0.25, 0.3) is 0 Å². The third-order valence-corrected chi connectivity index (χ3v) is 5.20. The van der Waals surface area contributed by atoms with Crippen LogP contribution >= 0.6 is 11.3 Å². The molecular formula is C18H20N6O2S. The topological polar surface area (TPSA) is 94.2 Å². The van der Waals surface area contributed by atoms with Gasteiger partial charge >= 0.3 is 0 Å². The highest BCUT2D eigenvalue weighted by Gasteiger charge is 2.36. The molecule has 8 nitrogen and oxygen atoms in total.